The van der Waals surface area contributed by atoms with E-state index >= 15 is 0 Å². The Kier molecular flexibility index (Phi) is 9.96. The van der Waals surface area contributed by atoms with Gasteiger partial charge in [-0.1, -0.05) is 32.0 Å². The summed E-state index contributed by atoms with van der Waals surface area (Å²) in [7, 11) is 0. The van der Waals surface area contributed by atoms with E-state index in [2.05, 4.69) is 20.9 Å². The summed E-state index contributed by atoms with van der Waals surface area (Å²) < 4.78 is 5.68. The molecule has 0 saturated heterocycles. The summed E-state index contributed by atoms with van der Waals surface area (Å²) in [6.45, 7) is 10.8. The number of hydrogen-bond donors (Lipinski definition) is 0. The van der Waals surface area contributed by atoms with E-state index in [0.717, 1.165) is 42.4 Å². The van der Waals surface area contributed by atoms with Crippen LogP contribution >= 0.6 is 0 Å². The topological polar surface area (TPSA) is 51.1 Å². The number of aromatic nitrogens is 3. The van der Waals surface area contributed by atoms with Gasteiger partial charge in [-0.2, -0.15) is 0 Å². The minimum atomic E-state index is 0.195. The van der Waals surface area contributed by atoms with Gasteiger partial charge >= 0.3 is 0 Å². The zero-order valence-corrected chi connectivity index (χ0v) is 18.0. The highest BCUT2D eigenvalue weighted by molar-refractivity contribution is 5.12. The average Bonchev–Trinajstić information content (AvgIpc) is 2.75. The molecule has 154 valence electrons. The standard InChI is InChI=1S/C22H26N4O.C2H6/c1-18(2)27-17-22-11-7-10-21(25-22)16-26(14-19-8-3-5-12-23-19)15-20-9-4-6-13-24-20;1-2/h3-13,18H,14-17H2,1-2H3;1-2H3. The van der Waals surface area contributed by atoms with Crippen LogP contribution in [0.1, 0.15) is 50.5 Å². The van der Waals surface area contributed by atoms with E-state index in [0.29, 0.717) is 6.61 Å². The molecule has 0 fully saturated rings. The van der Waals surface area contributed by atoms with Gasteiger partial charge < -0.3 is 4.74 Å². The first-order chi connectivity index (χ1) is 14.2. The monoisotopic (exact) mass is 392 g/mol. The fraction of sp³-hybridized carbons (Fsp3) is 0.375. The van der Waals surface area contributed by atoms with Crippen LogP contribution in [0.15, 0.2) is 67.0 Å². The molecule has 3 heterocycles. The Hall–Kier alpha value is -2.63. The maximum Gasteiger partial charge on any atom is 0.0891 e. The highest BCUT2D eigenvalue weighted by atomic mass is 16.5. The predicted octanol–water partition coefficient (Wildman–Crippen LogP) is 5.03. The van der Waals surface area contributed by atoms with Crippen molar-refractivity contribution in [3.8, 4) is 0 Å². The molecule has 0 amide bonds. The van der Waals surface area contributed by atoms with Gasteiger partial charge in [-0.05, 0) is 50.2 Å². The molecule has 0 aliphatic heterocycles. The van der Waals surface area contributed by atoms with Crippen LogP contribution in [0.3, 0.4) is 0 Å². The lowest BCUT2D eigenvalue weighted by Gasteiger charge is -2.21. The Morgan fingerprint density at radius 3 is 1.76 bits per heavy atom. The predicted molar refractivity (Wildman–Crippen MR) is 117 cm³/mol. The SMILES string of the molecule is CC.CC(C)OCc1cccc(CN(Cc2ccccn2)Cc2ccccn2)n1. The molecule has 0 N–H and O–H groups in total. The lowest BCUT2D eigenvalue weighted by atomic mass is 10.2. The zero-order chi connectivity index (χ0) is 20.9. The second-order valence-electron chi connectivity index (χ2n) is 6.77. The van der Waals surface area contributed by atoms with E-state index in [9.17, 15) is 0 Å². The first kappa shape index (κ1) is 22.7. The van der Waals surface area contributed by atoms with Crippen molar-refractivity contribution in [3.05, 3.63) is 89.8 Å². The van der Waals surface area contributed by atoms with E-state index in [1.807, 2.05) is 88.6 Å². The minimum Gasteiger partial charge on any atom is -0.373 e. The Balaban J connectivity index is 0.00000145. The molecule has 3 aromatic rings. The van der Waals surface area contributed by atoms with Crippen LogP contribution in [0.5, 0.6) is 0 Å². The average molecular weight is 393 g/mol. The molecule has 0 aliphatic carbocycles. The Labute approximate surface area is 174 Å². The normalized spacial score (nSPS) is 10.7. The molecule has 0 radical (unpaired) electrons. The van der Waals surface area contributed by atoms with Gasteiger partial charge in [0.1, 0.15) is 0 Å². The molecular weight excluding hydrogens is 360 g/mol. The highest BCUT2D eigenvalue weighted by Crippen LogP contribution is 2.12. The molecule has 5 heteroatoms. The molecule has 0 aliphatic rings. The first-order valence-electron chi connectivity index (χ1n) is 10.3. The lowest BCUT2D eigenvalue weighted by molar-refractivity contribution is 0.0634. The molecule has 0 aromatic carbocycles. The number of rotatable bonds is 9. The molecular formula is C24H32N4O. The second-order valence-corrected chi connectivity index (χ2v) is 6.77. The maximum absolute atomic E-state index is 5.68. The number of nitrogens with zero attached hydrogens (tertiary/aromatic N) is 4. The van der Waals surface area contributed by atoms with E-state index in [1.54, 1.807) is 0 Å². The van der Waals surface area contributed by atoms with Gasteiger partial charge in [0.15, 0.2) is 0 Å². The van der Waals surface area contributed by atoms with E-state index in [1.165, 1.54) is 0 Å². The maximum atomic E-state index is 5.68. The Bertz CT molecular complexity index is 768. The molecule has 0 bridgehead atoms. The highest BCUT2D eigenvalue weighted by Gasteiger charge is 2.11. The number of pyridine rings is 3. The second kappa shape index (κ2) is 12.8. The van der Waals surface area contributed by atoms with Crippen LogP contribution in [0.2, 0.25) is 0 Å². The summed E-state index contributed by atoms with van der Waals surface area (Å²) in [5.74, 6) is 0. The Morgan fingerprint density at radius 1 is 0.724 bits per heavy atom. The van der Waals surface area contributed by atoms with Crippen molar-refractivity contribution >= 4 is 0 Å². The van der Waals surface area contributed by atoms with Crippen LogP contribution in [-0.4, -0.2) is 26.0 Å². The van der Waals surface area contributed by atoms with E-state index in [-0.39, 0.29) is 6.10 Å². The van der Waals surface area contributed by atoms with Crippen LogP contribution in [0, 0.1) is 0 Å². The molecule has 3 rings (SSSR count). The molecule has 3 aromatic heterocycles. The first-order valence-corrected chi connectivity index (χ1v) is 10.3. The third-order valence-electron chi connectivity index (χ3n) is 4.04. The van der Waals surface area contributed by atoms with Gasteiger partial charge in [0, 0.05) is 32.0 Å². The molecule has 0 spiro atoms. The van der Waals surface area contributed by atoms with Gasteiger partial charge in [-0.25, -0.2) is 0 Å². The van der Waals surface area contributed by atoms with Crippen LogP contribution in [-0.2, 0) is 31.0 Å². The van der Waals surface area contributed by atoms with Crippen molar-refractivity contribution in [1.29, 1.82) is 0 Å². The zero-order valence-electron chi connectivity index (χ0n) is 18.0. The third kappa shape index (κ3) is 8.50. The van der Waals surface area contributed by atoms with Crippen LogP contribution < -0.4 is 0 Å². The van der Waals surface area contributed by atoms with Crippen LogP contribution in [0.25, 0.3) is 0 Å². The number of hydrogen-bond acceptors (Lipinski definition) is 5. The van der Waals surface area contributed by atoms with E-state index < -0.39 is 0 Å². The largest absolute Gasteiger partial charge is 0.373 e. The van der Waals surface area contributed by atoms with Gasteiger partial charge in [0.2, 0.25) is 0 Å². The van der Waals surface area contributed by atoms with Gasteiger partial charge in [-0.15, -0.1) is 0 Å². The van der Waals surface area contributed by atoms with Crippen molar-refractivity contribution in [1.82, 2.24) is 19.9 Å². The molecule has 0 unspecified atom stereocenters. The number of ether oxygens (including phenoxy) is 1. The molecule has 5 nitrogen and oxygen atoms in total. The van der Waals surface area contributed by atoms with Crippen molar-refractivity contribution in [2.75, 3.05) is 0 Å². The third-order valence-corrected chi connectivity index (χ3v) is 4.04. The van der Waals surface area contributed by atoms with Crippen molar-refractivity contribution in [2.45, 2.75) is 60.0 Å². The summed E-state index contributed by atoms with van der Waals surface area (Å²) in [5.41, 5.74) is 4.05. The summed E-state index contributed by atoms with van der Waals surface area (Å²) in [5, 5.41) is 0. The van der Waals surface area contributed by atoms with Gasteiger partial charge in [-0.3, -0.25) is 19.9 Å². The summed E-state index contributed by atoms with van der Waals surface area (Å²) >= 11 is 0. The fourth-order valence-electron chi connectivity index (χ4n) is 2.79. The quantitative estimate of drug-likeness (QED) is 0.511. The molecule has 0 saturated carbocycles. The molecule has 0 atom stereocenters. The van der Waals surface area contributed by atoms with Gasteiger partial charge in [0.25, 0.3) is 0 Å². The molecule has 29 heavy (non-hydrogen) atoms. The van der Waals surface area contributed by atoms with Crippen LogP contribution in [0.4, 0.5) is 0 Å². The Morgan fingerprint density at radius 2 is 1.24 bits per heavy atom. The smallest absolute Gasteiger partial charge is 0.0891 e. The summed E-state index contributed by atoms with van der Waals surface area (Å²) in [6, 6.07) is 18.1. The van der Waals surface area contributed by atoms with Crippen molar-refractivity contribution in [2.24, 2.45) is 0 Å². The van der Waals surface area contributed by atoms with E-state index in [4.69, 9.17) is 9.72 Å². The minimum absolute atomic E-state index is 0.195. The van der Waals surface area contributed by atoms with Crippen molar-refractivity contribution in [3.63, 3.8) is 0 Å². The van der Waals surface area contributed by atoms with Gasteiger partial charge in [0.05, 0.1) is 35.5 Å². The fourth-order valence-corrected chi connectivity index (χ4v) is 2.79. The van der Waals surface area contributed by atoms with Crippen molar-refractivity contribution < 1.29 is 4.74 Å². The summed E-state index contributed by atoms with van der Waals surface area (Å²) in [4.78, 5) is 16.0. The lowest BCUT2D eigenvalue weighted by Crippen LogP contribution is -2.24. The summed E-state index contributed by atoms with van der Waals surface area (Å²) in [6.07, 6.45) is 3.85.